The highest BCUT2D eigenvalue weighted by atomic mass is 15.1. The second-order valence-corrected chi connectivity index (χ2v) is 3.23. The zero-order valence-electron chi connectivity index (χ0n) is 5.41. The third-order valence-electron chi connectivity index (χ3n) is 2.49. The molecule has 8 heavy (non-hydrogen) atoms. The molecule has 46 valence electrons. The van der Waals surface area contributed by atoms with Crippen LogP contribution in [-0.2, 0) is 0 Å². The van der Waals surface area contributed by atoms with Gasteiger partial charge >= 0.3 is 0 Å². The molecule has 1 atom stereocenters. The van der Waals surface area contributed by atoms with Crippen molar-refractivity contribution >= 4 is 0 Å². The highest BCUT2D eigenvalue weighted by molar-refractivity contribution is 5.12. The maximum Gasteiger partial charge on any atom is 0.0200 e. The first-order valence-corrected chi connectivity index (χ1v) is 3.62. The lowest BCUT2D eigenvalue weighted by Crippen LogP contribution is -2.53. The molecule has 0 aromatic rings. The molecule has 0 aromatic carbocycles. The Morgan fingerprint density at radius 1 is 1.62 bits per heavy atom. The van der Waals surface area contributed by atoms with Crippen LogP contribution in [-0.4, -0.2) is 11.6 Å². The van der Waals surface area contributed by atoms with Crippen LogP contribution in [0.3, 0.4) is 0 Å². The predicted molar refractivity (Wildman–Crippen MR) is 33.8 cm³/mol. The number of hydrogen-bond donors (Lipinski definition) is 1. The van der Waals surface area contributed by atoms with Gasteiger partial charge in [-0.25, -0.2) is 0 Å². The van der Waals surface area contributed by atoms with Crippen LogP contribution in [0.4, 0.5) is 0 Å². The van der Waals surface area contributed by atoms with E-state index in [-0.39, 0.29) is 0 Å². The van der Waals surface area contributed by atoms with Gasteiger partial charge in [-0.1, -0.05) is 6.92 Å². The Morgan fingerprint density at radius 2 is 2.25 bits per heavy atom. The Hall–Kier alpha value is -0.0400. The summed E-state index contributed by atoms with van der Waals surface area (Å²) < 4.78 is 0. The van der Waals surface area contributed by atoms with Gasteiger partial charge in [-0.05, 0) is 25.7 Å². The molecule has 2 aliphatic rings. The lowest BCUT2D eigenvalue weighted by atomic mass is 9.93. The van der Waals surface area contributed by atoms with Gasteiger partial charge in [0.05, 0.1) is 0 Å². The molecule has 0 bridgehead atoms. The summed E-state index contributed by atoms with van der Waals surface area (Å²) in [5.74, 6) is 0. The Bertz CT molecular complexity index is 97.0. The van der Waals surface area contributed by atoms with E-state index in [2.05, 4.69) is 12.2 Å². The van der Waals surface area contributed by atoms with Crippen LogP contribution in [0.15, 0.2) is 0 Å². The normalized spacial score (nSPS) is 39.4. The molecule has 2 rings (SSSR count). The predicted octanol–water partition coefficient (Wildman–Crippen LogP) is 1.29. The van der Waals surface area contributed by atoms with Crippen molar-refractivity contribution in [3.63, 3.8) is 0 Å². The van der Waals surface area contributed by atoms with Crippen LogP contribution in [0, 0.1) is 0 Å². The third-order valence-corrected chi connectivity index (χ3v) is 2.49. The molecule has 1 heterocycles. The molecular formula is C7H13N. The fourth-order valence-electron chi connectivity index (χ4n) is 1.63. The van der Waals surface area contributed by atoms with E-state index >= 15 is 0 Å². The molecular weight excluding hydrogens is 98.1 g/mol. The summed E-state index contributed by atoms with van der Waals surface area (Å²) in [6.45, 7) is 2.26. The topological polar surface area (TPSA) is 12.0 Å². The Balaban J connectivity index is 1.84. The van der Waals surface area contributed by atoms with Crippen LogP contribution >= 0.6 is 0 Å². The molecule has 0 aromatic heterocycles. The highest BCUT2D eigenvalue weighted by Crippen LogP contribution is 2.46. The fourth-order valence-corrected chi connectivity index (χ4v) is 1.63. The molecule has 1 aliphatic carbocycles. The number of hydrogen-bond acceptors (Lipinski definition) is 1. The van der Waals surface area contributed by atoms with Crippen molar-refractivity contribution in [3.05, 3.63) is 0 Å². The smallest absolute Gasteiger partial charge is 0.0200 e. The van der Waals surface area contributed by atoms with Gasteiger partial charge in [0, 0.05) is 11.6 Å². The molecule has 1 saturated heterocycles. The highest BCUT2D eigenvalue weighted by Gasteiger charge is 2.51. The molecule has 0 radical (unpaired) electrons. The van der Waals surface area contributed by atoms with Gasteiger partial charge in [-0.3, -0.25) is 0 Å². The molecule has 1 heteroatoms. The van der Waals surface area contributed by atoms with Crippen molar-refractivity contribution in [3.8, 4) is 0 Å². The lowest BCUT2D eigenvalue weighted by molar-refractivity contribution is 0.237. The van der Waals surface area contributed by atoms with Gasteiger partial charge in [-0.15, -0.1) is 0 Å². The maximum atomic E-state index is 3.58. The van der Waals surface area contributed by atoms with Crippen molar-refractivity contribution in [1.82, 2.24) is 5.32 Å². The molecule has 1 N–H and O–H groups in total. The molecule has 1 nitrogen and oxygen atoms in total. The number of rotatable bonds is 1. The first kappa shape index (κ1) is 4.80. The standard InChI is InChI=1S/C7H13N/c1-2-6-5-7(8-6)3-4-7/h6,8H,2-5H2,1H3. The van der Waals surface area contributed by atoms with Crippen molar-refractivity contribution in [1.29, 1.82) is 0 Å². The summed E-state index contributed by atoms with van der Waals surface area (Å²) in [5.41, 5.74) is 0.695. The van der Waals surface area contributed by atoms with E-state index in [1.165, 1.54) is 25.7 Å². The van der Waals surface area contributed by atoms with E-state index in [1.807, 2.05) is 0 Å². The Morgan fingerprint density at radius 3 is 2.62 bits per heavy atom. The summed E-state index contributed by atoms with van der Waals surface area (Å²) >= 11 is 0. The van der Waals surface area contributed by atoms with Gasteiger partial charge in [0.1, 0.15) is 0 Å². The zero-order chi connectivity index (χ0) is 5.61. The van der Waals surface area contributed by atoms with Crippen molar-refractivity contribution in [2.24, 2.45) is 0 Å². The minimum absolute atomic E-state index is 0.695. The molecule has 1 spiro atoms. The van der Waals surface area contributed by atoms with Crippen molar-refractivity contribution in [2.45, 2.75) is 44.2 Å². The van der Waals surface area contributed by atoms with Crippen LogP contribution in [0.2, 0.25) is 0 Å². The first-order chi connectivity index (χ1) is 3.85. The minimum Gasteiger partial charge on any atom is -0.308 e. The van der Waals surface area contributed by atoms with Gasteiger partial charge in [0.2, 0.25) is 0 Å². The minimum atomic E-state index is 0.695. The van der Waals surface area contributed by atoms with E-state index in [1.54, 1.807) is 0 Å². The van der Waals surface area contributed by atoms with E-state index < -0.39 is 0 Å². The fraction of sp³-hybridized carbons (Fsp3) is 1.00. The van der Waals surface area contributed by atoms with E-state index in [9.17, 15) is 0 Å². The first-order valence-electron chi connectivity index (χ1n) is 3.62. The summed E-state index contributed by atoms with van der Waals surface area (Å²) in [7, 11) is 0. The monoisotopic (exact) mass is 111 g/mol. The Kier molecular flexibility index (Phi) is 0.762. The largest absolute Gasteiger partial charge is 0.308 e. The molecule has 1 unspecified atom stereocenters. The van der Waals surface area contributed by atoms with Crippen molar-refractivity contribution < 1.29 is 0 Å². The maximum absolute atomic E-state index is 3.58. The van der Waals surface area contributed by atoms with Crippen LogP contribution in [0.5, 0.6) is 0 Å². The summed E-state index contributed by atoms with van der Waals surface area (Å²) in [6, 6.07) is 0.873. The van der Waals surface area contributed by atoms with E-state index in [0.717, 1.165) is 6.04 Å². The van der Waals surface area contributed by atoms with E-state index in [4.69, 9.17) is 0 Å². The number of nitrogens with one attached hydrogen (secondary N) is 1. The molecule has 2 fully saturated rings. The van der Waals surface area contributed by atoms with Gasteiger partial charge < -0.3 is 5.32 Å². The van der Waals surface area contributed by atoms with Gasteiger partial charge in [0.15, 0.2) is 0 Å². The van der Waals surface area contributed by atoms with Crippen LogP contribution < -0.4 is 5.32 Å². The van der Waals surface area contributed by atoms with Gasteiger partial charge in [-0.2, -0.15) is 0 Å². The average Bonchev–Trinajstić information content (AvgIpc) is 2.38. The summed E-state index contributed by atoms with van der Waals surface area (Å²) in [5, 5.41) is 3.58. The second kappa shape index (κ2) is 1.27. The molecule has 1 saturated carbocycles. The zero-order valence-corrected chi connectivity index (χ0v) is 5.41. The summed E-state index contributed by atoms with van der Waals surface area (Å²) in [6.07, 6.45) is 5.68. The van der Waals surface area contributed by atoms with Gasteiger partial charge in [0.25, 0.3) is 0 Å². The molecule has 0 amide bonds. The average molecular weight is 111 g/mol. The SMILES string of the molecule is CCC1CC2(CC2)N1. The van der Waals surface area contributed by atoms with E-state index in [0.29, 0.717) is 5.54 Å². The van der Waals surface area contributed by atoms with Crippen LogP contribution in [0.25, 0.3) is 0 Å². The third kappa shape index (κ3) is 0.510. The summed E-state index contributed by atoms with van der Waals surface area (Å²) in [4.78, 5) is 0. The molecule has 1 aliphatic heterocycles. The lowest BCUT2D eigenvalue weighted by Gasteiger charge is -2.37. The quantitative estimate of drug-likeness (QED) is 0.537. The second-order valence-electron chi connectivity index (χ2n) is 3.23. The van der Waals surface area contributed by atoms with Crippen molar-refractivity contribution in [2.75, 3.05) is 0 Å². The van der Waals surface area contributed by atoms with Crippen LogP contribution in [0.1, 0.15) is 32.6 Å². The Labute approximate surface area is 50.5 Å².